The molecule has 1 atom stereocenters. The van der Waals surface area contributed by atoms with E-state index in [1.54, 1.807) is 0 Å². The molecule has 0 fully saturated rings. The van der Waals surface area contributed by atoms with Gasteiger partial charge in [-0.05, 0) is 31.5 Å². The molecule has 0 aliphatic heterocycles. The fourth-order valence-corrected chi connectivity index (χ4v) is 1.33. The van der Waals surface area contributed by atoms with Crippen molar-refractivity contribution in [2.24, 2.45) is 0 Å². The van der Waals surface area contributed by atoms with Gasteiger partial charge in [-0.2, -0.15) is 13.2 Å². The number of ether oxygens (including phenoxy) is 1. The molecule has 1 aromatic carbocycles. The lowest BCUT2D eigenvalue weighted by atomic mass is 10.2. The summed E-state index contributed by atoms with van der Waals surface area (Å²) in [5, 5.41) is 2.66. The minimum absolute atomic E-state index is 0.0117. The summed E-state index contributed by atoms with van der Waals surface area (Å²) in [6.45, 7) is 3.45. The Bertz CT molecular complexity index is 432. The van der Waals surface area contributed by atoms with Crippen LogP contribution in [0.15, 0.2) is 24.3 Å². The number of amides is 1. The van der Waals surface area contributed by atoms with Gasteiger partial charge in [0.1, 0.15) is 5.75 Å². The Morgan fingerprint density at radius 2 is 2.11 bits per heavy atom. The molecule has 0 unspecified atom stereocenters. The van der Waals surface area contributed by atoms with Gasteiger partial charge in [0.15, 0.2) is 6.61 Å². The first-order chi connectivity index (χ1) is 8.82. The molecule has 0 saturated heterocycles. The molecule has 0 spiro atoms. The molecule has 0 radical (unpaired) electrons. The molecule has 106 valence electrons. The molecule has 3 nitrogen and oxygen atoms in total. The molecule has 0 bridgehead atoms. The Labute approximate surface area is 109 Å². The molecule has 0 saturated carbocycles. The fourth-order valence-electron chi connectivity index (χ4n) is 1.33. The van der Waals surface area contributed by atoms with Crippen molar-refractivity contribution >= 4 is 5.91 Å². The summed E-state index contributed by atoms with van der Waals surface area (Å²) in [7, 11) is 0. The summed E-state index contributed by atoms with van der Waals surface area (Å²) in [6, 6.07) is 4.46. The average Bonchev–Trinajstić information content (AvgIpc) is 2.35. The van der Waals surface area contributed by atoms with Crippen LogP contribution in [0, 0.1) is 0 Å². The highest BCUT2D eigenvalue weighted by Crippen LogP contribution is 2.31. The van der Waals surface area contributed by atoms with E-state index in [1.165, 1.54) is 12.1 Å². The molecule has 0 aliphatic rings. The largest absolute Gasteiger partial charge is 0.484 e. The number of hydrogen-bond acceptors (Lipinski definition) is 2. The van der Waals surface area contributed by atoms with Gasteiger partial charge in [-0.25, -0.2) is 0 Å². The average molecular weight is 275 g/mol. The molecule has 19 heavy (non-hydrogen) atoms. The fraction of sp³-hybridized carbons (Fsp3) is 0.462. The van der Waals surface area contributed by atoms with Crippen LogP contribution in [0.4, 0.5) is 13.2 Å². The van der Waals surface area contributed by atoms with Crippen LogP contribution < -0.4 is 10.1 Å². The normalized spacial score (nSPS) is 12.9. The highest BCUT2D eigenvalue weighted by atomic mass is 19.4. The van der Waals surface area contributed by atoms with Gasteiger partial charge < -0.3 is 10.1 Å². The number of nitrogens with one attached hydrogen (secondary N) is 1. The van der Waals surface area contributed by atoms with Crippen molar-refractivity contribution in [2.45, 2.75) is 32.5 Å². The lowest BCUT2D eigenvalue weighted by Crippen LogP contribution is -2.35. The van der Waals surface area contributed by atoms with Gasteiger partial charge in [0.25, 0.3) is 5.91 Å². The SMILES string of the molecule is CC[C@H](C)NC(=O)COc1cccc(C(F)(F)F)c1. The van der Waals surface area contributed by atoms with E-state index in [0.29, 0.717) is 0 Å². The van der Waals surface area contributed by atoms with E-state index in [2.05, 4.69) is 5.32 Å². The number of halogens is 3. The second-order valence-corrected chi connectivity index (χ2v) is 4.19. The number of carbonyl (C=O) groups excluding carboxylic acids is 1. The number of carbonyl (C=O) groups is 1. The van der Waals surface area contributed by atoms with E-state index in [9.17, 15) is 18.0 Å². The van der Waals surface area contributed by atoms with Crippen LogP contribution in [-0.4, -0.2) is 18.6 Å². The first-order valence-electron chi connectivity index (χ1n) is 5.92. The van der Waals surface area contributed by atoms with Gasteiger partial charge in [0.05, 0.1) is 5.56 Å². The maximum Gasteiger partial charge on any atom is 0.416 e. The minimum atomic E-state index is -4.42. The molecule has 1 rings (SSSR count). The lowest BCUT2D eigenvalue weighted by molar-refractivity contribution is -0.137. The zero-order valence-corrected chi connectivity index (χ0v) is 10.8. The van der Waals surface area contributed by atoms with Crippen molar-refractivity contribution in [3.63, 3.8) is 0 Å². The summed E-state index contributed by atoms with van der Waals surface area (Å²) < 4.78 is 42.4. The van der Waals surface area contributed by atoms with Gasteiger partial charge in [-0.3, -0.25) is 4.79 Å². The topological polar surface area (TPSA) is 38.3 Å². The van der Waals surface area contributed by atoms with Crippen molar-refractivity contribution in [2.75, 3.05) is 6.61 Å². The highest BCUT2D eigenvalue weighted by molar-refractivity contribution is 5.77. The van der Waals surface area contributed by atoms with Crippen LogP contribution >= 0.6 is 0 Å². The van der Waals surface area contributed by atoms with Crippen LogP contribution in [0.3, 0.4) is 0 Å². The van der Waals surface area contributed by atoms with E-state index in [1.807, 2.05) is 13.8 Å². The van der Waals surface area contributed by atoms with Gasteiger partial charge >= 0.3 is 6.18 Å². The van der Waals surface area contributed by atoms with Crippen LogP contribution in [-0.2, 0) is 11.0 Å². The molecule has 0 aromatic heterocycles. The van der Waals surface area contributed by atoms with Crippen LogP contribution in [0.2, 0.25) is 0 Å². The van der Waals surface area contributed by atoms with E-state index in [-0.39, 0.29) is 24.3 Å². The second-order valence-electron chi connectivity index (χ2n) is 4.19. The first-order valence-corrected chi connectivity index (χ1v) is 5.92. The quantitative estimate of drug-likeness (QED) is 0.897. The Hall–Kier alpha value is -1.72. The molecular formula is C13H16F3NO2. The number of alkyl halides is 3. The van der Waals surface area contributed by atoms with Crippen molar-refractivity contribution < 1.29 is 22.7 Å². The summed E-state index contributed by atoms with van der Waals surface area (Å²) >= 11 is 0. The molecule has 0 heterocycles. The Morgan fingerprint density at radius 1 is 1.42 bits per heavy atom. The van der Waals surface area contributed by atoms with E-state index in [0.717, 1.165) is 18.6 Å². The summed E-state index contributed by atoms with van der Waals surface area (Å²) in [4.78, 5) is 11.4. The monoisotopic (exact) mass is 275 g/mol. The third kappa shape index (κ3) is 5.19. The van der Waals surface area contributed by atoms with Crippen molar-refractivity contribution in [1.29, 1.82) is 0 Å². The van der Waals surface area contributed by atoms with Crippen LogP contribution in [0.1, 0.15) is 25.8 Å². The summed E-state index contributed by atoms with van der Waals surface area (Å²) in [5.74, 6) is -0.333. The molecule has 0 aliphatic carbocycles. The Morgan fingerprint density at radius 3 is 2.68 bits per heavy atom. The van der Waals surface area contributed by atoms with E-state index < -0.39 is 11.7 Å². The maximum atomic E-state index is 12.4. The second kappa shape index (κ2) is 6.45. The zero-order valence-electron chi connectivity index (χ0n) is 10.8. The van der Waals surface area contributed by atoms with Gasteiger partial charge in [-0.1, -0.05) is 13.0 Å². The third-order valence-electron chi connectivity index (χ3n) is 2.55. The van der Waals surface area contributed by atoms with Crippen molar-refractivity contribution in [1.82, 2.24) is 5.32 Å². The van der Waals surface area contributed by atoms with Crippen molar-refractivity contribution in [3.8, 4) is 5.75 Å². The number of benzene rings is 1. The summed E-state index contributed by atoms with van der Waals surface area (Å²) in [6.07, 6.45) is -3.65. The predicted octanol–water partition coefficient (Wildman–Crippen LogP) is 3.00. The van der Waals surface area contributed by atoms with Gasteiger partial charge in [0.2, 0.25) is 0 Å². The molecule has 6 heteroatoms. The summed E-state index contributed by atoms with van der Waals surface area (Å²) in [5.41, 5.74) is -0.799. The first kappa shape index (κ1) is 15.3. The highest BCUT2D eigenvalue weighted by Gasteiger charge is 2.30. The smallest absolute Gasteiger partial charge is 0.416 e. The maximum absolute atomic E-state index is 12.4. The molecular weight excluding hydrogens is 259 g/mol. The van der Waals surface area contributed by atoms with E-state index in [4.69, 9.17) is 4.74 Å². The predicted molar refractivity (Wildman–Crippen MR) is 64.8 cm³/mol. The van der Waals surface area contributed by atoms with Crippen molar-refractivity contribution in [3.05, 3.63) is 29.8 Å². The van der Waals surface area contributed by atoms with E-state index >= 15 is 0 Å². The lowest BCUT2D eigenvalue weighted by Gasteiger charge is -2.13. The van der Waals surface area contributed by atoms with Gasteiger partial charge in [-0.15, -0.1) is 0 Å². The molecule has 1 N–H and O–H groups in total. The van der Waals surface area contributed by atoms with Gasteiger partial charge in [0, 0.05) is 6.04 Å². The number of hydrogen-bond donors (Lipinski definition) is 1. The van der Waals surface area contributed by atoms with Crippen LogP contribution in [0.5, 0.6) is 5.75 Å². The standard InChI is InChI=1S/C13H16F3NO2/c1-3-9(2)17-12(18)8-19-11-6-4-5-10(7-11)13(14,15)16/h4-7,9H,3,8H2,1-2H3,(H,17,18)/t9-/m0/s1. The van der Waals surface area contributed by atoms with Crippen LogP contribution in [0.25, 0.3) is 0 Å². The zero-order chi connectivity index (χ0) is 14.5. The Balaban J connectivity index is 2.56. The molecule has 1 amide bonds. The minimum Gasteiger partial charge on any atom is -0.484 e. The third-order valence-corrected chi connectivity index (χ3v) is 2.55. The Kier molecular flexibility index (Phi) is 5.20. The molecule has 1 aromatic rings. The number of rotatable bonds is 5.